The molecule has 1 heterocycles. The van der Waals surface area contributed by atoms with Crippen molar-refractivity contribution >= 4 is 17.3 Å². The fourth-order valence-corrected chi connectivity index (χ4v) is 2.53. The van der Waals surface area contributed by atoms with Gasteiger partial charge in [0.25, 0.3) is 0 Å². The molecule has 0 bridgehead atoms. The zero-order valence-corrected chi connectivity index (χ0v) is 11.8. The Labute approximate surface area is 117 Å². The van der Waals surface area contributed by atoms with Crippen LogP contribution in [0.15, 0.2) is 12.1 Å². The van der Waals surface area contributed by atoms with Gasteiger partial charge in [0.1, 0.15) is 5.82 Å². The molecule has 1 aliphatic rings. The molecule has 1 saturated carbocycles. The molecule has 0 spiro atoms. The topological polar surface area (TPSA) is 89.3 Å². The lowest BCUT2D eigenvalue weighted by atomic mass is 10.2. The predicted octanol–water partition coefficient (Wildman–Crippen LogP) is 2.40. The summed E-state index contributed by atoms with van der Waals surface area (Å²) in [6, 6.07) is 3.17. The van der Waals surface area contributed by atoms with Gasteiger partial charge < -0.3 is 15.4 Å². The predicted molar refractivity (Wildman–Crippen MR) is 77.1 cm³/mol. The number of aromatic nitrogens is 1. The van der Waals surface area contributed by atoms with E-state index in [0.717, 1.165) is 19.3 Å². The summed E-state index contributed by atoms with van der Waals surface area (Å²) in [6.07, 6.45) is 3.04. The van der Waals surface area contributed by atoms with Crippen LogP contribution in [0.1, 0.15) is 26.2 Å². The lowest BCUT2D eigenvalue weighted by molar-refractivity contribution is -0.384. The zero-order valence-electron chi connectivity index (χ0n) is 11.8. The monoisotopic (exact) mass is 280 g/mol. The van der Waals surface area contributed by atoms with Gasteiger partial charge >= 0.3 is 5.69 Å². The van der Waals surface area contributed by atoms with Crippen molar-refractivity contribution in [2.24, 2.45) is 0 Å². The summed E-state index contributed by atoms with van der Waals surface area (Å²) < 4.78 is 5.40. The van der Waals surface area contributed by atoms with Gasteiger partial charge in [-0.2, -0.15) is 0 Å². The third kappa shape index (κ3) is 3.16. The van der Waals surface area contributed by atoms with Crippen molar-refractivity contribution in [3.63, 3.8) is 0 Å². The summed E-state index contributed by atoms with van der Waals surface area (Å²) in [4.78, 5) is 15.0. The van der Waals surface area contributed by atoms with E-state index < -0.39 is 4.92 Å². The number of pyridine rings is 1. The average Bonchev–Trinajstić information content (AvgIpc) is 2.86. The van der Waals surface area contributed by atoms with Crippen LogP contribution in [0.4, 0.5) is 17.3 Å². The first-order chi connectivity index (χ1) is 9.65. The largest absolute Gasteiger partial charge is 0.379 e. The molecule has 2 N–H and O–H groups in total. The van der Waals surface area contributed by atoms with E-state index >= 15 is 0 Å². The summed E-state index contributed by atoms with van der Waals surface area (Å²) in [5, 5.41) is 17.3. The van der Waals surface area contributed by atoms with Crippen LogP contribution in [0.25, 0.3) is 0 Å². The van der Waals surface area contributed by atoms with Crippen molar-refractivity contribution in [3.8, 4) is 0 Å². The van der Waals surface area contributed by atoms with Crippen molar-refractivity contribution < 1.29 is 9.66 Å². The lowest BCUT2D eigenvalue weighted by Gasteiger charge is -2.20. The summed E-state index contributed by atoms with van der Waals surface area (Å²) in [5.41, 5.74) is -0.00611. The van der Waals surface area contributed by atoms with Crippen molar-refractivity contribution in [3.05, 3.63) is 22.2 Å². The van der Waals surface area contributed by atoms with E-state index in [0.29, 0.717) is 18.2 Å². The van der Waals surface area contributed by atoms with Gasteiger partial charge in [0.05, 0.1) is 17.1 Å². The Kier molecular flexibility index (Phi) is 4.73. The third-order valence-electron chi connectivity index (χ3n) is 3.51. The lowest BCUT2D eigenvalue weighted by Crippen LogP contribution is -2.30. The van der Waals surface area contributed by atoms with Crippen LogP contribution in [-0.2, 0) is 4.74 Å². The number of ether oxygens (including phenoxy) is 1. The second-order valence-corrected chi connectivity index (χ2v) is 4.81. The molecule has 20 heavy (non-hydrogen) atoms. The van der Waals surface area contributed by atoms with Crippen LogP contribution < -0.4 is 10.6 Å². The number of methoxy groups -OCH3 is 1. The van der Waals surface area contributed by atoms with Crippen LogP contribution in [0.5, 0.6) is 0 Å². The molecule has 110 valence electrons. The van der Waals surface area contributed by atoms with Gasteiger partial charge in [0.15, 0.2) is 0 Å². The number of anilines is 2. The molecule has 1 fully saturated rings. The fourth-order valence-electron chi connectivity index (χ4n) is 2.53. The summed E-state index contributed by atoms with van der Waals surface area (Å²) in [5.74, 6) is 0.940. The number of nitrogens with zero attached hydrogens (tertiary/aromatic N) is 2. The van der Waals surface area contributed by atoms with E-state index in [1.54, 1.807) is 13.2 Å². The quantitative estimate of drug-likeness (QED) is 0.614. The van der Waals surface area contributed by atoms with Gasteiger partial charge in [0, 0.05) is 19.7 Å². The van der Waals surface area contributed by atoms with E-state index in [9.17, 15) is 10.1 Å². The molecule has 0 radical (unpaired) electrons. The SMILES string of the molecule is CCNc1ccc([N+](=O)[O-])c(NC2CCCC2OC)n1. The molecule has 2 rings (SSSR count). The maximum Gasteiger partial charge on any atom is 0.311 e. The number of rotatable bonds is 6. The Bertz CT molecular complexity index is 481. The zero-order chi connectivity index (χ0) is 14.5. The third-order valence-corrected chi connectivity index (χ3v) is 3.51. The second-order valence-electron chi connectivity index (χ2n) is 4.81. The molecule has 2 atom stereocenters. The first kappa shape index (κ1) is 14.5. The molecule has 0 amide bonds. The van der Waals surface area contributed by atoms with Gasteiger partial charge in [-0.1, -0.05) is 0 Å². The molecule has 2 unspecified atom stereocenters. The summed E-state index contributed by atoms with van der Waals surface area (Å²) in [7, 11) is 1.67. The first-order valence-corrected chi connectivity index (χ1v) is 6.84. The molecule has 7 heteroatoms. The van der Waals surface area contributed by atoms with Gasteiger partial charge in [0.2, 0.25) is 5.82 Å². The normalized spacial score (nSPS) is 21.7. The van der Waals surface area contributed by atoms with E-state index in [2.05, 4.69) is 15.6 Å². The van der Waals surface area contributed by atoms with Crippen molar-refractivity contribution in [1.29, 1.82) is 0 Å². The second kappa shape index (κ2) is 6.51. The number of hydrogen-bond donors (Lipinski definition) is 2. The van der Waals surface area contributed by atoms with Gasteiger partial charge in [-0.25, -0.2) is 4.98 Å². The smallest absolute Gasteiger partial charge is 0.311 e. The molecule has 0 aliphatic heterocycles. The Morgan fingerprint density at radius 3 is 2.95 bits per heavy atom. The van der Waals surface area contributed by atoms with Crippen LogP contribution in [0, 0.1) is 10.1 Å². The summed E-state index contributed by atoms with van der Waals surface area (Å²) in [6.45, 7) is 2.67. The molecule has 0 aromatic carbocycles. The molecule has 1 aromatic rings. The first-order valence-electron chi connectivity index (χ1n) is 6.84. The molecule has 0 saturated heterocycles. The maximum absolute atomic E-state index is 11.1. The molecule has 7 nitrogen and oxygen atoms in total. The van der Waals surface area contributed by atoms with Crippen molar-refractivity contribution in [1.82, 2.24) is 4.98 Å². The Balaban J connectivity index is 2.23. The molecular formula is C13H20N4O3. The molecule has 1 aliphatic carbocycles. The van der Waals surface area contributed by atoms with Crippen LogP contribution in [0.3, 0.4) is 0 Å². The minimum absolute atomic E-state index is 0.00611. The minimum atomic E-state index is -0.415. The van der Waals surface area contributed by atoms with Crippen molar-refractivity contribution in [2.45, 2.75) is 38.3 Å². The highest BCUT2D eigenvalue weighted by atomic mass is 16.6. The maximum atomic E-state index is 11.1. The fraction of sp³-hybridized carbons (Fsp3) is 0.615. The highest BCUT2D eigenvalue weighted by Gasteiger charge is 2.29. The minimum Gasteiger partial charge on any atom is -0.379 e. The standard InChI is InChI=1S/C13H20N4O3/c1-3-14-12-8-7-10(17(18)19)13(16-12)15-9-5-4-6-11(9)20-2/h7-9,11H,3-6H2,1-2H3,(H2,14,15,16). The highest BCUT2D eigenvalue weighted by Crippen LogP contribution is 2.29. The summed E-state index contributed by atoms with van der Waals surface area (Å²) >= 11 is 0. The highest BCUT2D eigenvalue weighted by molar-refractivity contribution is 5.60. The number of hydrogen-bond acceptors (Lipinski definition) is 6. The Morgan fingerprint density at radius 1 is 1.50 bits per heavy atom. The van der Waals surface area contributed by atoms with E-state index in [1.807, 2.05) is 6.92 Å². The average molecular weight is 280 g/mol. The Morgan fingerprint density at radius 2 is 2.30 bits per heavy atom. The number of nitro groups is 1. The molecule has 1 aromatic heterocycles. The van der Waals surface area contributed by atoms with E-state index in [4.69, 9.17) is 4.74 Å². The number of nitrogens with one attached hydrogen (secondary N) is 2. The molecular weight excluding hydrogens is 260 g/mol. The van der Waals surface area contributed by atoms with Crippen LogP contribution in [-0.4, -0.2) is 35.7 Å². The van der Waals surface area contributed by atoms with Crippen LogP contribution in [0.2, 0.25) is 0 Å². The Hall–Kier alpha value is -1.89. The van der Waals surface area contributed by atoms with E-state index in [-0.39, 0.29) is 17.8 Å². The van der Waals surface area contributed by atoms with Gasteiger partial charge in [-0.3, -0.25) is 10.1 Å². The van der Waals surface area contributed by atoms with Crippen LogP contribution >= 0.6 is 0 Å². The van der Waals surface area contributed by atoms with Crippen molar-refractivity contribution in [2.75, 3.05) is 24.3 Å². The van der Waals surface area contributed by atoms with E-state index in [1.165, 1.54) is 6.07 Å². The van der Waals surface area contributed by atoms with Gasteiger partial charge in [-0.15, -0.1) is 0 Å². The van der Waals surface area contributed by atoms with Gasteiger partial charge in [-0.05, 0) is 32.3 Å².